The van der Waals surface area contributed by atoms with Gasteiger partial charge in [-0.3, -0.25) is 4.90 Å². The molecule has 2 aromatic carbocycles. The Hall–Kier alpha value is -2.17. The molecule has 4 heteroatoms. The lowest BCUT2D eigenvalue weighted by Crippen LogP contribution is -2.51. The first-order valence-electron chi connectivity index (χ1n) is 10.5. The van der Waals surface area contributed by atoms with Gasteiger partial charge in [0.1, 0.15) is 6.61 Å². The fourth-order valence-electron chi connectivity index (χ4n) is 4.90. The highest BCUT2D eigenvalue weighted by Crippen LogP contribution is 2.34. The molecule has 0 aromatic heterocycles. The van der Waals surface area contributed by atoms with Crippen molar-refractivity contribution in [3.05, 3.63) is 71.8 Å². The summed E-state index contributed by atoms with van der Waals surface area (Å²) in [4.78, 5) is 15.6. The fourth-order valence-corrected chi connectivity index (χ4v) is 4.90. The van der Waals surface area contributed by atoms with Crippen molar-refractivity contribution in [1.82, 2.24) is 4.90 Å². The van der Waals surface area contributed by atoms with Crippen molar-refractivity contribution in [2.45, 2.75) is 56.2 Å². The normalized spacial score (nSPS) is 22.6. The molecule has 28 heavy (non-hydrogen) atoms. The Balaban J connectivity index is 1.48. The van der Waals surface area contributed by atoms with E-state index in [4.69, 9.17) is 4.74 Å². The summed E-state index contributed by atoms with van der Waals surface area (Å²) in [5, 5.41) is 11.4. The van der Waals surface area contributed by atoms with E-state index in [1.165, 1.54) is 38.5 Å². The van der Waals surface area contributed by atoms with Gasteiger partial charge in [0.2, 0.25) is 5.60 Å². The summed E-state index contributed by atoms with van der Waals surface area (Å²) < 4.78 is 5.65. The van der Waals surface area contributed by atoms with Crippen molar-refractivity contribution in [3.8, 4) is 0 Å². The van der Waals surface area contributed by atoms with Gasteiger partial charge in [-0.2, -0.15) is 0 Å². The maximum absolute atomic E-state index is 13.1. The largest absolute Gasteiger partial charge is 0.462 e. The monoisotopic (exact) mass is 379 g/mol. The van der Waals surface area contributed by atoms with E-state index < -0.39 is 11.6 Å². The van der Waals surface area contributed by atoms with Crippen molar-refractivity contribution < 1.29 is 14.6 Å². The van der Waals surface area contributed by atoms with Gasteiger partial charge in [0.05, 0.1) is 0 Å². The Morgan fingerprint density at radius 1 is 0.893 bits per heavy atom. The van der Waals surface area contributed by atoms with E-state index in [9.17, 15) is 9.90 Å². The van der Waals surface area contributed by atoms with Gasteiger partial charge in [0.25, 0.3) is 0 Å². The zero-order valence-corrected chi connectivity index (χ0v) is 16.3. The highest BCUT2D eigenvalue weighted by Gasteiger charge is 2.42. The third-order valence-electron chi connectivity index (χ3n) is 6.35. The topological polar surface area (TPSA) is 49.8 Å². The highest BCUT2D eigenvalue weighted by atomic mass is 16.5. The number of hydrogen-bond donors (Lipinski definition) is 1. The number of hydrogen-bond acceptors (Lipinski definition) is 4. The first-order chi connectivity index (χ1) is 13.7. The molecule has 0 aliphatic carbocycles. The number of fused-ring (bicyclic) bond motifs is 2. The van der Waals surface area contributed by atoms with Crippen molar-refractivity contribution in [2.24, 2.45) is 0 Å². The van der Waals surface area contributed by atoms with Crippen molar-refractivity contribution in [1.29, 1.82) is 0 Å². The van der Waals surface area contributed by atoms with Crippen LogP contribution in [0.15, 0.2) is 60.7 Å². The molecule has 148 valence electrons. The Morgan fingerprint density at radius 3 is 1.82 bits per heavy atom. The number of carbonyl (C=O) groups excluding carboxylic acids is 1. The lowest BCUT2D eigenvalue weighted by atomic mass is 9.84. The molecule has 2 aliphatic heterocycles. The van der Waals surface area contributed by atoms with Gasteiger partial charge >= 0.3 is 5.97 Å². The lowest BCUT2D eigenvalue weighted by molar-refractivity contribution is -0.163. The predicted molar refractivity (Wildman–Crippen MR) is 109 cm³/mol. The highest BCUT2D eigenvalue weighted by molar-refractivity contribution is 5.85. The van der Waals surface area contributed by atoms with E-state index in [-0.39, 0.29) is 0 Å². The van der Waals surface area contributed by atoms with Gasteiger partial charge in [-0.1, -0.05) is 73.5 Å². The van der Waals surface area contributed by atoms with E-state index in [0.29, 0.717) is 29.8 Å². The van der Waals surface area contributed by atoms with Crippen LogP contribution >= 0.6 is 0 Å². The number of rotatable bonds is 6. The molecule has 2 aromatic rings. The molecule has 2 heterocycles. The second-order valence-electron chi connectivity index (χ2n) is 7.99. The summed E-state index contributed by atoms with van der Waals surface area (Å²) >= 11 is 0. The third kappa shape index (κ3) is 3.71. The molecule has 0 amide bonds. The van der Waals surface area contributed by atoms with E-state index >= 15 is 0 Å². The second-order valence-corrected chi connectivity index (χ2v) is 7.99. The molecule has 2 bridgehead atoms. The van der Waals surface area contributed by atoms with Gasteiger partial charge in [-0.15, -0.1) is 0 Å². The number of nitrogens with zero attached hydrogens (tertiary/aromatic N) is 1. The first-order valence-corrected chi connectivity index (χ1v) is 10.5. The molecule has 0 atom stereocenters. The van der Waals surface area contributed by atoms with Crippen LogP contribution in [0.4, 0.5) is 0 Å². The number of aliphatic hydroxyl groups is 1. The van der Waals surface area contributed by atoms with Crippen LogP contribution in [-0.4, -0.2) is 41.2 Å². The molecule has 2 saturated heterocycles. The van der Waals surface area contributed by atoms with Crippen LogP contribution in [0.2, 0.25) is 0 Å². The van der Waals surface area contributed by atoms with E-state index in [1.54, 1.807) is 24.3 Å². The molecule has 2 fully saturated rings. The zero-order chi connectivity index (χ0) is 19.4. The molecule has 1 N–H and O–H groups in total. The summed E-state index contributed by atoms with van der Waals surface area (Å²) in [5.74, 6) is -0.605. The molecular weight excluding hydrogens is 350 g/mol. The molecule has 2 aliphatic rings. The van der Waals surface area contributed by atoms with Gasteiger partial charge in [0.15, 0.2) is 0 Å². The quantitative estimate of drug-likeness (QED) is 0.774. The van der Waals surface area contributed by atoms with Crippen molar-refractivity contribution >= 4 is 5.97 Å². The van der Waals surface area contributed by atoms with Gasteiger partial charge < -0.3 is 9.84 Å². The number of benzene rings is 2. The molecule has 0 unspecified atom stereocenters. The molecule has 4 rings (SSSR count). The molecular formula is C24H29NO3. The average molecular weight is 380 g/mol. The standard InChI is InChI=1S/C24H29NO3/c26-23(28-18-17-25-21-13-7-14-22(25)16-8-15-21)24(27,19-9-3-1-4-10-19)20-11-5-2-6-12-20/h1-6,9-12,21-22,27H,7-8,13-18H2. The molecule has 0 spiro atoms. The van der Waals surface area contributed by atoms with E-state index in [2.05, 4.69) is 4.90 Å². The van der Waals surface area contributed by atoms with Crippen LogP contribution in [0.1, 0.15) is 49.7 Å². The SMILES string of the molecule is O=C(OCCN1C2CCCC1CCC2)C(O)(c1ccccc1)c1ccccc1. The zero-order valence-electron chi connectivity index (χ0n) is 16.3. The van der Waals surface area contributed by atoms with Crippen molar-refractivity contribution in [3.63, 3.8) is 0 Å². The first kappa shape index (κ1) is 19.2. The van der Waals surface area contributed by atoms with E-state index in [0.717, 1.165) is 6.54 Å². The minimum atomic E-state index is -1.79. The van der Waals surface area contributed by atoms with Crippen LogP contribution in [0.25, 0.3) is 0 Å². The summed E-state index contributed by atoms with van der Waals surface area (Å²) in [6.07, 6.45) is 7.64. The Morgan fingerprint density at radius 2 is 1.36 bits per heavy atom. The second kappa shape index (κ2) is 8.46. The van der Waals surface area contributed by atoms with Crippen LogP contribution < -0.4 is 0 Å². The third-order valence-corrected chi connectivity index (χ3v) is 6.35. The van der Waals surface area contributed by atoms with E-state index in [1.807, 2.05) is 36.4 Å². The van der Waals surface area contributed by atoms with Gasteiger partial charge in [0, 0.05) is 18.6 Å². The van der Waals surface area contributed by atoms with Gasteiger partial charge in [-0.05, 0) is 36.8 Å². The van der Waals surface area contributed by atoms with Crippen LogP contribution in [0.3, 0.4) is 0 Å². The average Bonchev–Trinajstić information content (AvgIpc) is 2.74. The minimum Gasteiger partial charge on any atom is -0.462 e. The fraction of sp³-hybridized carbons (Fsp3) is 0.458. The molecule has 0 radical (unpaired) electrons. The number of ether oxygens (including phenoxy) is 1. The summed E-state index contributed by atoms with van der Waals surface area (Å²) in [6, 6.07) is 19.4. The maximum Gasteiger partial charge on any atom is 0.347 e. The minimum absolute atomic E-state index is 0.313. The summed E-state index contributed by atoms with van der Waals surface area (Å²) in [6.45, 7) is 1.06. The maximum atomic E-state index is 13.1. The van der Waals surface area contributed by atoms with Gasteiger partial charge in [-0.25, -0.2) is 4.79 Å². The smallest absolute Gasteiger partial charge is 0.347 e. The van der Waals surface area contributed by atoms with Crippen LogP contribution in [0, 0.1) is 0 Å². The molecule has 4 nitrogen and oxygen atoms in total. The predicted octanol–water partition coefficient (Wildman–Crippen LogP) is 3.87. The Bertz CT molecular complexity index is 715. The number of carbonyl (C=O) groups is 1. The Kier molecular flexibility index (Phi) is 5.79. The van der Waals surface area contributed by atoms with Crippen LogP contribution in [0.5, 0.6) is 0 Å². The molecule has 0 saturated carbocycles. The van der Waals surface area contributed by atoms with Crippen LogP contribution in [-0.2, 0) is 15.1 Å². The Labute approximate surface area is 167 Å². The summed E-state index contributed by atoms with van der Waals surface area (Å²) in [7, 11) is 0. The number of piperidine rings is 2. The number of esters is 1. The summed E-state index contributed by atoms with van der Waals surface area (Å²) in [5.41, 5.74) is -0.734. The van der Waals surface area contributed by atoms with Crippen molar-refractivity contribution in [2.75, 3.05) is 13.2 Å². The lowest BCUT2D eigenvalue weighted by Gasteiger charge is -2.46.